The van der Waals surface area contributed by atoms with Crippen molar-refractivity contribution in [2.45, 2.75) is 70.1 Å². The van der Waals surface area contributed by atoms with E-state index in [0.717, 1.165) is 58.2 Å². The number of ether oxygens (including phenoxy) is 2. The van der Waals surface area contributed by atoms with Crippen molar-refractivity contribution in [1.82, 2.24) is 10.2 Å². The predicted octanol–water partition coefficient (Wildman–Crippen LogP) is 5.78. The minimum absolute atomic E-state index is 0.0808. The molecule has 1 spiro atoms. The molecule has 5 rings (SSSR count). The second kappa shape index (κ2) is 9.57. The summed E-state index contributed by atoms with van der Waals surface area (Å²) in [6.45, 7) is 7.62. The van der Waals surface area contributed by atoms with Crippen molar-refractivity contribution in [3.63, 3.8) is 0 Å². The lowest BCUT2D eigenvalue weighted by Crippen LogP contribution is -2.54. The first kappa shape index (κ1) is 23.2. The zero-order chi connectivity index (χ0) is 23.0. The first-order valence-corrected chi connectivity index (χ1v) is 13.4. The second-order valence-corrected chi connectivity index (χ2v) is 11.5. The lowest BCUT2D eigenvalue weighted by atomic mass is 9.76. The molecule has 2 atom stereocenters. The first-order chi connectivity index (χ1) is 15.9. The van der Waals surface area contributed by atoms with E-state index in [9.17, 15) is 4.79 Å². The number of rotatable bonds is 5. The molecule has 0 bridgehead atoms. The summed E-state index contributed by atoms with van der Waals surface area (Å²) in [4.78, 5) is 17.8. The third kappa shape index (κ3) is 4.95. The van der Waals surface area contributed by atoms with E-state index in [-0.39, 0.29) is 17.7 Å². The molecule has 0 unspecified atom stereocenters. The second-order valence-electron chi connectivity index (χ2n) is 9.82. The van der Waals surface area contributed by atoms with Crippen LogP contribution in [-0.4, -0.2) is 42.8 Å². The van der Waals surface area contributed by atoms with Gasteiger partial charge in [0.15, 0.2) is 0 Å². The molecular weight excluding hydrogens is 456 g/mol. The van der Waals surface area contributed by atoms with Gasteiger partial charge in [0.05, 0.1) is 12.2 Å². The van der Waals surface area contributed by atoms with Crippen molar-refractivity contribution in [2.75, 3.05) is 19.7 Å². The summed E-state index contributed by atoms with van der Waals surface area (Å²) in [5, 5.41) is 3.62. The number of likely N-dealkylation sites (tertiary alicyclic amines) is 1. The number of piperidine rings is 1. The van der Waals surface area contributed by atoms with E-state index < -0.39 is 0 Å². The number of hydrogen-bond acceptors (Lipinski definition) is 5. The molecule has 2 aliphatic heterocycles. The Hall–Kier alpha value is -1.60. The van der Waals surface area contributed by atoms with Gasteiger partial charge in [0.1, 0.15) is 5.75 Å². The number of halogens is 1. The molecule has 1 saturated carbocycles. The molecule has 3 heterocycles. The quantitative estimate of drug-likeness (QED) is 0.579. The lowest BCUT2D eigenvalue weighted by Gasteiger charge is -2.49. The van der Waals surface area contributed by atoms with Gasteiger partial charge >= 0.3 is 6.09 Å². The van der Waals surface area contributed by atoms with E-state index in [4.69, 9.17) is 21.1 Å². The van der Waals surface area contributed by atoms with Crippen LogP contribution in [0.4, 0.5) is 4.79 Å². The van der Waals surface area contributed by atoms with Crippen molar-refractivity contribution >= 4 is 29.0 Å². The maximum Gasteiger partial charge on any atom is 0.412 e. The molecule has 1 saturated heterocycles. The molecule has 178 valence electrons. The molecule has 1 aliphatic carbocycles. The highest BCUT2D eigenvalue weighted by Crippen LogP contribution is 2.46. The number of nitrogens with one attached hydrogen (secondary N) is 1. The Balaban J connectivity index is 1.09. The third-order valence-electron chi connectivity index (χ3n) is 7.53. The van der Waals surface area contributed by atoms with E-state index in [0.29, 0.717) is 22.7 Å². The van der Waals surface area contributed by atoms with Crippen LogP contribution in [0.3, 0.4) is 0 Å². The van der Waals surface area contributed by atoms with Gasteiger partial charge < -0.3 is 19.7 Å². The van der Waals surface area contributed by atoms with E-state index in [1.165, 1.54) is 10.4 Å². The number of thiophene rings is 1. The van der Waals surface area contributed by atoms with Gasteiger partial charge in [-0.15, -0.1) is 11.3 Å². The van der Waals surface area contributed by atoms with Crippen LogP contribution in [0.5, 0.6) is 5.75 Å². The summed E-state index contributed by atoms with van der Waals surface area (Å²) in [6.07, 6.45) is 5.95. The number of fused-ring (bicyclic) bond motifs is 2. The highest BCUT2D eigenvalue weighted by Gasteiger charge is 2.45. The summed E-state index contributed by atoms with van der Waals surface area (Å²) in [5.41, 5.74) is 1.40. The fraction of sp³-hybridized carbons (Fsp3) is 0.577. The maximum atomic E-state index is 12.2. The number of carbonyl (C=O) groups is 1. The number of carbonyl (C=O) groups excluding carboxylic acids is 1. The predicted molar refractivity (Wildman–Crippen MR) is 132 cm³/mol. The zero-order valence-corrected chi connectivity index (χ0v) is 21.0. The van der Waals surface area contributed by atoms with Crippen molar-refractivity contribution in [2.24, 2.45) is 5.92 Å². The van der Waals surface area contributed by atoms with Crippen LogP contribution in [0.2, 0.25) is 5.02 Å². The normalized spacial score (nSPS) is 29.4. The molecule has 1 N–H and O–H groups in total. The van der Waals surface area contributed by atoms with Crippen LogP contribution in [0, 0.1) is 5.92 Å². The van der Waals surface area contributed by atoms with Gasteiger partial charge in [0.25, 0.3) is 0 Å². The number of aryl methyl sites for hydroxylation is 1. The summed E-state index contributed by atoms with van der Waals surface area (Å²) in [7, 11) is 0. The smallest absolute Gasteiger partial charge is 0.410 e. The Morgan fingerprint density at radius 3 is 2.85 bits per heavy atom. The lowest BCUT2D eigenvalue weighted by molar-refractivity contribution is -0.114. The number of hydrogen-bond donors (Lipinski definition) is 1. The Morgan fingerprint density at radius 2 is 2.12 bits per heavy atom. The molecule has 33 heavy (non-hydrogen) atoms. The molecule has 7 heteroatoms. The fourth-order valence-corrected chi connectivity index (χ4v) is 6.99. The Kier molecular flexibility index (Phi) is 6.72. The topological polar surface area (TPSA) is 50.8 Å². The van der Waals surface area contributed by atoms with Crippen LogP contribution >= 0.6 is 22.9 Å². The van der Waals surface area contributed by atoms with Gasteiger partial charge in [-0.05, 0) is 80.8 Å². The van der Waals surface area contributed by atoms with Crippen molar-refractivity contribution in [1.29, 1.82) is 0 Å². The van der Waals surface area contributed by atoms with Gasteiger partial charge in [-0.1, -0.05) is 18.5 Å². The van der Waals surface area contributed by atoms with Gasteiger partial charge in [-0.25, -0.2) is 4.79 Å². The van der Waals surface area contributed by atoms with Crippen LogP contribution in [0.25, 0.3) is 0 Å². The van der Waals surface area contributed by atoms with E-state index >= 15 is 0 Å². The van der Waals surface area contributed by atoms with Crippen LogP contribution in [0.1, 0.15) is 54.8 Å². The molecule has 2 aromatic rings. The van der Waals surface area contributed by atoms with Crippen LogP contribution in [0.15, 0.2) is 30.3 Å². The summed E-state index contributed by atoms with van der Waals surface area (Å²) >= 11 is 7.87. The van der Waals surface area contributed by atoms with Gasteiger partial charge in [0, 0.05) is 46.4 Å². The third-order valence-corrected chi connectivity index (χ3v) is 9.12. The Labute approximate surface area is 205 Å². The minimum Gasteiger partial charge on any atom is -0.410 e. The monoisotopic (exact) mass is 488 g/mol. The molecule has 5 nitrogen and oxygen atoms in total. The molecule has 0 radical (unpaired) electrons. The SMILES string of the molecule is CCc1cc2c(s1)CCO[C@@]21CCN(C[C@H]2C[C@@H](NC(=O)Oc3ccc(Cl)cc3)C2)[C@@H](C)C1. The molecule has 1 amide bonds. The average Bonchev–Trinajstić information content (AvgIpc) is 3.21. The average molecular weight is 489 g/mol. The number of nitrogens with zero attached hydrogens (tertiary/aromatic N) is 1. The maximum absolute atomic E-state index is 12.2. The van der Waals surface area contributed by atoms with E-state index in [1.54, 1.807) is 29.1 Å². The highest BCUT2D eigenvalue weighted by atomic mass is 35.5. The summed E-state index contributed by atoms with van der Waals surface area (Å²) < 4.78 is 11.8. The highest BCUT2D eigenvalue weighted by molar-refractivity contribution is 7.12. The summed E-state index contributed by atoms with van der Waals surface area (Å²) in [6, 6.07) is 9.96. The van der Waals surface area contributed by atoms with Crippen LogP contribution < -0.4 is 10.1 Å². The molecule has 2 fully saturated rings. The van der Waals surface area contributed by atoms with Crippen LogP contribution in [-0.2, 0) is 23.2 Å². The molecule has 3 aliphatic rings. The minimum atomic E-state index is -0.387. The van der Waals surface area contributed by atoms with Crippen molar-refractivity contribution < 1.29 is 14.3 Å². The first-order valence-electron chi connectivity index (χ1n) is 12.2. The Morgan fingerprint density at radius 1 is 1.33 bits per heavy atom. The number of amides is 1. The molecule has 1 aromatic carbocycles. The summed E-state index contributed by atoms with van der Waals surface area (Å²) in [5.74, 6) is 1.13. The van der Waals surface area contributed by atoms with Crippen molar-refractivity contribution in [3.05, 3.63) is 50.7 Å². The largest absolute Gasteiger partial charge is 0.412 e. The zero-order valence-electron chi connectivity index (χ0n) is 19.4. The van der Waals surface area contributed by atoms with Gasteiger partial charge in [0.2, 0.25) is 0 Å². The fourth-order valence-electron chi connectivity index (χ4n) is 5.69. The van der Waals surface area contributed by atoms with E-state index in [2.05, 4.69) is 30.1 Å². The number of benzene rings is 1. The Bertz CT molecular complexity index is 988. The standard InChI is InChI=1S/C26H33ClN2O3S/c1-3-22-14-23-24(33-22)8-11-31-26(23)9-10-29(17(2)15-26)16-18-12-20(13-18)28-25(30)32-21-6-4-19(27)5-7-21/h4-7,14,17-18,20H,3,8-13,15-16H2,1-2H3,(H,28,30)/t17-,18-,20+,26+/m0/s1. The van der Waals surface area contributed by atoms with Crippen molar-refractivity contribution in [3.8, 4) is 5.75 Å². The van der Waals surface area contributed by atoms with Gasteiger partial charge in [-0.2, -0.15) is 0 Å². The molecule has 1 aromatic heterocycles. The molecular formula is C26H33ClN2O3S. The van der Waals surface area contributed by atoms with Gasteiger partial charge in [-0.3, -0.25) is 0 Å². The van der Waals surface area contributed by atoms with E-state index in [1.807, 2.05) is 11.3 Å².